The largest absolute Gasteiger partial charge is 0.282 e. The molecule has 2 aliphatic rings. The molecule has 2 heterocycles. The third-order valence-corrected chi connectivity index (χ3v) is 15.4. The Labute approximate surface area is 227 Å². The second-order valence-corrected chi connectivity index (χ2v) is 17.1. The van der Waals surface area contributed by atoms with Crippen LogP contribution >= 0.6 is 94.1 Å². The van der Waals surface area contributed by atoms with Crippen molar-refractivity contribution in [1.82, 2.24) is 0 Å². The Bertz CT molecular complexity index is 684. The van der Waals surface area contributed by atoms with Gasteiger partial charge in [0.2, 0.25) is 10.2 Å². The maximum absolute atomic E-state index is 11.4. The van der Waals surface area contributed by atoms with E-state index in [-0.39, 0.29) is 10.2 Å². The molecule has 2 nitrogen and oxygen atoms in total. The van der Waals surface area contributed by atoms with Gasteiger partial charge in [-0.25, -0.2) is 0 Å². The van der Waals surface area contributed by atoms with Crippen molar-refractivity contribution in [1.29, 1.82) is 0 Å². The number of allylic oxidation sites excluding steroid dienone is 2. The van der Waals surface area contributed by atoms with Gasteiger partial charge in [-0.15, -0.1) is 47.0 Å². The summed E-state index contributed by atoms with van der Waals surface area (Å²) in [6, 6.07) is 0. The molecule has 0 radical (unpaired) electrons. The van der Waals surface area contributed by atoms with Crippen molar-refractivity contribution in [2.75, 3.05) is 34.5 Å². The highest BCUT2D eigenvalue weighted by molar-refractivity contribution is 8.25. The molecule has 2 atom stereocenters. The smallest absolute Gasteiger partial charge is 0.211 e. The fourth-order valence-electron chi connectivity index (χ4n) is 2.62. The summed E-state index contributed by atoms with van der Waals surface area (Å²) >= 11 is 14.6. The lowest BCUT2D eigenvalue weighted by Gasteiger charge is -2.10. The zero-order chi connectivity index (χ0) is 23.3. The lowest BCUT2D eigenvalue weighted by molar-refractivity contribution is -0.107. The second-order valence-electron chi connectivity index (χ2n) is 6.77. The molecule has 0 fully saturated rings. The summed E-state index contributed by atoms with van der Waals surface area (Å²) in [6.07, 6.45) is 5.34. The van der Waals surface area contributed by atoms with Crippen LogP contribution in [0.25, 0.3) is 0 Å². The molecule has 0 aliphatic carbocycles. The van der Waals surface area contributed by atoms with Gasteiger partial charge >= 0.3 is 0 Å². The van der Waals surface area contributed by atoms with Gasteiger partial charge < -0.3 is 0 Å². The van der Waals surface area contributed by atoms with Gasteiger partial charge in [-0.3, -0.25) is 9.59 Å². The third-order valence-electron chi connectivity index (χ3n) is 4.31. The molecular weight excluding hydrogens is 553 g/mol. The van der Waals surface area contributed by atoms with E-state index in [0.717, 1.165) is 11.5 Å². The number of hydrogen-bond acceptors (Lipinski definition) is 10. The minimum Gasteiger partial charge on any atom is -0.282 e. The van der Waals surface area contributed by atoms with E-state index >= 15 is 0 Å². The highest BCUT2D eigenvalue weighted by Gasteiger charge is 2.24. The van der Waals surface area contributed by atoms with Gasteiger partial charge in [0.15, 0.2) is 0 Å². The van der Waals surface area contributed by atoms with Crippen LogP contribution in [0, 0.1) is 0 Å². The van der Waals surface area contributed by atoms with Gasteiger partial charge in [0.25, 0.3) is 0 Å². The quantitative estimate of drug-likeness (QED) is 0.139. The maximum atomic E-state index is 11.4. The first-order valence-corrected chi connectivity index (χ1v) is 18.0. The monoisotopic (exact) mass is 582 g/mol. The first kappa shape index (κ1) is 29.3. The molecular formula is C22H30O2S8. The molecule has 0 amide bonds. The molecule has 0 saturated heterocycles. The van der Waals surface area contributed by atoms with Crippen LogP contribution in [-0.4, -0.2) is 53.9 Å². The first-order valence-electron chi connectivity index (χ1n) is 10.2. The molecule has 2 rings (SSSR count). The summed E-state index contributed by atoms with van der Waals surface area (Å²) in [5.74, 6) is 6.35. The fraction of sp³-hybridized carbons (Fsp3) is 0.545. The predicted molar refractivity (Wildman–Crippen MR) is 163 cm³/mol. The van der Waals surface area contributed by atoms with Gasteiger partial charge in [0.1, 0.15) is 0 Å². The summed E-state index contributed by atoms with van der Waals surface area (Å²) in [4.78, 5) is 28.3. The van der Waals surface area contributed by atoms with E-state index in [2.05, 4.69) is 50.5 Å². The predicted octanol–water partition coefficient (Wildman–Crippen LogP) is 8.20. The van der Waals surface area contributed by atoms with Gasteiger partial charge in [0.05, 0.1) is 9.16 Å². The van der Waals surface area contributed by atoms with Crippen LogP contribution in [0.15, 0.2) is 44.9 Å². The van der Waals surface area contributed by atoms with E-state index in [1.165, 1.54) is 91.1 Å². The molecule has 0 aromatic heterocycles. The van der Waals surface area contributed by atoms with Gasteiger partial charge in [0, 0.05) is 32.8 Å². The van der Waals surface area contributed by atoms with Crippen molar-refractivity contribution < 1.29 is 9.59 Å². The standard InChI is InChI=1S/C22H30O2S8/c1-5-19(23)27-11-17-15(3)29-21(31-17)13-25-9-7-8-10-26-14-22-30-16(4)18(32-22)12-28-20(24)6-2/h5-6,21-22H,1-2,7-14H2,3-4H3. The lowest BCUT2D eigenvalue weighted by atomic mass is 10.4. The Kier molecular flexibility index (Phi) is 15.3. The molecule has 0 N–H and O–H groups in total. The van der Waals surface area contributed by atoms with Crippen molar-refractivity contribution >= 4 is 104 Å². The molecule has 0 saturated carbocycles. The lowest BCUT2D eigenvalue weighted by Crippen LogP contribution is -2.00. The van der Waals surface area contributed by atoms with E-state index in [1.54, 1.807) is 0 Å². The Morgan fingerprint density at radius 2 is 1.19 bits per heavy atom. The molecule has 178 valence electrons. The van der Waals surface area contributed by atoms with Gasteiger partial charge in [-0.2, -0.15) is 23.5 Å². The fourth-order valence-corrected chi connectivity index (χ4v) is 13.4. The Morgan fingerprint density at radius 1 is 0.781 bits per heavy atom. The van der Waals surface area contributed by atoms with Crippen LogP contribution < -0.4 is 0 Å². The van der Waals surface area contributed by atoms with Crippen LogP contribution in [0.2, 0.25) is 0 Å². The minimum atomic E-state index is 0.0579. The average molecular weight is 583 g/mol. The molecule has 2 unspecified atom stereocenters. The molecule has 10 heteroatoms. The van der Waals surface area contributed by atoms with Crippen LogP contribution in [0.5, 0.6) is 0 Å². The molecule has 32 heavy (non-hydrogen) atoms. The Balaban J connectivity index is 1.46. The molecule has 0 aromatic carbocycles. The average Bonchev–Trinajstić information content (AvgIpc) is 3.32. The summed E-state index contributed by atoms with van der Waals surface area (Å²) in [5, 5.41) is 0.116. The Morgan fingerprint density at radius 3 is 1.56 bits per heavy atom. The third kappa shape index (κ3) is 11.2. The van der Waals surface area contributed by atoms with Crippen LogP contribution in [0.4, 0.5) is 0 Å². The van der Waals surface area contributed by atoms with E-state index in [0.29, 0.717) is 9.16 Å². The number of thioether (sulfide) groups is 8. The number of unbranched alkanes of at least 4 members (excludes halogenated alkanes) is 1. The van der Waals surface area contributed by atoms with E-state index < -0.39 is 0 Å². The second kappa shape index (κ2) is 16.7. The van der Waals surface area contributed by atoms with Crippen LogP contribution in [0.1, 0.15) is 26.7 Å². The molecule has 0 aromatic rings. The van der Waals surface area contributed by atoms with E-state index in [9.17, 15) is 9.59 Å². The highest BCUT2D eigenvalue weighted by Crippen LogP contribution is 2.48. The van der Waals surface area contributed by atoms with Crippen LogP contribution in [-0.2, 0) is 9.59 Å². The highest BCUT2D eigenvalue weighted by atomic mass is 32.2. The summed E-state index contributed by atoms with van der Waals surface area (Å²) in [7, 11) is 0. The summed E-state index contributed by atoms with van der Waals surface area (Å²) < 4.78 is 1.18. The van der Waals surface area contributed by atoms with Crippen molar-refractivity contribution in [3.05, 3.63) is 44.9 Å². The maximum Gasteiger partial charge on any atom is 0.211 e. The summed E-state index contributed by atoms with van der Waals surface area (Å²) in [5.41, 5.74) is 0. The number of carbonyl (C=O) groups is 2. The van der Waals surface area contributed by atoms with Gasteiger partial charge in [-0.05, 0) is 60.2 Å². The SMILES string of the molecule is C=CC(=O)SCC1=C(C)SC(CSCCCCSCC2SC(C)=C(CSC(=O)C=C)S2)S1. The summed E-state index contributed by atoms with van der Waals surface area (Å²) in [6.45, 7) is 11.4. The number of rotatable bonds is 15. The normalized spacial score (nSPS) is 20.8. The number of carbonyl (C=O) groups excluding carboxylic acids is 2. The number of hydrogen-bond donors (Lipinski definition) is 0. The Hall–Kier alpha value is 1.10. The van der Waals surface area contributed by atoms with Crippen molar-refractivity contribution in [2.24, 2.45) is 0 Å². The molecule has 2 aliphatic heterocycles. The van der Waals surface area contributed by atoms with Gasteiger partial charge in [-0.1, -0.05) is 36.7 Å². The topological polar surface area (TPSA) is 34.1 Å². The van der Waals surface area contributed by atoms with E-state index in [1.807, 2.05) is 47.0 Å². The van der Waals surface area contributed by atoms with Crippen molar-refractivity contribution in [3.63, 3.8) is 0 Å². The zero-order valence-corrected chi connectivity index (χ0v) is 25.0. The molecule has 0 spiro atoms. The molecule has 0 bridgehead atoms. The van der Waals surface area contributed by atoms with Crippen LogP contribution in [0.3, 0.4) is 0 Å². The first-order chi connectivity index (χ1) is 15.4. The zero-order valence-electron chi connectivity index (χ0n) is 18.5. The van der Waals surface area contributed by atoms with Crippen molar-refractivity contribution in [3.8, 4) is 0 Å². The van der Waals surface area contributed by atoms with Crippen molar-refractivity contribution in [2.45, 2.75) is 35.9 Å². The minimum absolute atomic E-state index is 0.0579. The van der Waals surface area contributed by atoms with E-state index in [4.69, 9.17) is 0 Å².